The van der Waals surface area contributed by atoms with Gasteiger partial charge in [-0.25, -0.2) is 4.98 Å². The summed E-state index contributed by atoms with van der Waals surface area (Å²) in [5, 5.41) is 3.05. The summed E-state index contributed by atoms with van der Waals surface area (Å²) in [6.45, 7) is 7.34. The van der Waals surface area contributed by atoms with E-state index in [4.69, 9.17) is 4.98 Å². The quantitative estimate of drug-likeness (QED) is 0.600. The molecule has 2 heterocycles. The Morgan fingerprint density at radius 1 is 1.00 bits per heavy atom. The highest BCUT2D eigenvalue weighted by molar-refractivity contribution is 6.04. The van der Waals surface area contributed by atoms with Gasteiger partial charge in [-0.05, 0) is 49.8 Å². The van der Waals surface area contributed by atoms with Gasteiger partial charge in [0.2, 0.25) is 0 Å². The molecule has 1 aliphatic heterocycles. The highest BCUT2D eigenvalue weighted by Gasteiger charge is 2.24. The van der Waals surface area contributed by atoms with Gasteiger partial charge >= 0.3 is 0 Å². The summed E-state index contributed by atoms with van der Waals surface area (Å²) >= 11 is 0. The molecule has 0 saturated carbocycles. The number of rotatable bonds is 4. The fraction of sp³-hybridized carbons (Fsp3) is 0.360. The number of aromatic nitrogens is 2. The Hall–Kier alpha value is -2.88. The molecule has 3 aromatic rings. The highest BCUT2D eigenvalue weighted by atomic mass is 16.1. The van der Waals surface area contributed by atoms with Gasteiger partial charge in [-0.1, -0.05) is 62.2 Å². The molecule has 4 rings (SSSR count). The van der Waals surface area contributed by atoms with E-state index in [-0.39, 0.29) is 5.91 Å². The van der Waals surface area contributed by atoms with E-state index in [1.165, 1.54) is 17.5 Å². The number of nitrogens with zero attached hydrogens (tertiary/aromatic N) is 2. The molecule has 4 nitrogen and oxygen atoms in total. The van der Waals surface area contributed by atoms with Gasteiger partial charge in [-0.2, -0.15) is 0 Å². The molecule has 0 saturated heterocycles. The molecule has 0 radical (unpaired) electrons. The van der Waals surface area contributed by atoms with Crippen molar-refractivity contribution in [3.63, 3.8) is 0 Å². The largest absolute Gasteiger partial charge is 0.327 e. The molecule has 0 aliphatic carbocycles. The smallest absolute Gasteiger partial charge is 0.276 e. The van der Waals surface area contributed by atoms with Gasteiger partial charge in [0.15, 0.2) is 0 Å². The molecule has 1 amide bonds. The number of carbonyl (C=O) groups is 1. The molecule has 0 unspecified atom stereocenters. The SMILES string of the molecule is Cc1ccc(-c2nc(C(=O)Nc3ccc(C(C)C)cc3)c3n2CCCCC3)cc1. The Bertz CT molecular complexity index is 998. The van der Waals surface area contributed by atoms with Gasteiger partial charge in [0.1, 0.15) is 11.5 Å². The third-order valence-corrected chi connectivity index (χ3v) is 5.73. The number of imidazole rings is 1. The molecule has 2 aromatic carbocycles. The van der Waals surface area contributed by atoms with E-state index in [0.29, 0.717) is 11.6 Å². The number of anilines is 1. The molecule has 0 spiro atoms. The molecule has 1 aromatic heterocycles. The second kappa shape index (κ2) is 8.24. The van der Waals surface area contributed by atoms with Crippen molar-refractivity contribution in [3.8, 4) is 11.4 Å². The van der Waals surface area contributed by atoms with Crippen LogP contribution in [0.3, 0.4) is 0 Å². The van der Waals surface area contributed by atoms with Crippen LogP contribution in [0, 0.1) is 6.92 Å². The summed E-state index contributed by atoms with van der Waals surface area (Å²) < 4.78 is 2.26. The molecule has 0 fully saturated rings. The Labute approximate surface area is 173 Å². The zero-order valence-electron chi connectivity index (χ0n) is 17.5. The average molecular weight is 388 g/mol. The molecule has 1 N–H and O–H groups in total. The van der Waals surface area contributed by atoms with Crippen LogP contribution in [0.2, 0.25) is 0 Å². The number of fused-ring (bicyclic) bond motifs is 1. The molecule has 0 atom stereocenters. The van der Waals surface area contributed by atoms with Crippen molar-refractivity contribution in [3.05, 3.63) is 71.0 Å². The van der Waals surface area contributed by atoms with Gasteiger partial charge < -0.3 is 9.88 Å². The third kappa shape index (κ3) is 4.12. The Morgan fingerprint density at radius 3 is 2.41 bits per heavy atom. The van der Waals surface area contributed by atoms with Crippen LogP contribution < -0.4 is 5.32 Å². The zero-order valence-corrected chi connectivity index (χ0v) is 17.5. The van der Waals surface area contributed by atoms with Crippen molar-refractivity contribution in [1.29, 1.82) is 0 Å². The topological polar surface area (TPSA) is 46.9 Å². The normalized spacial score (nSPS) is 13.8. The summed E-state index contributed by atoms with van der Waals surface area (Å²) in [6.07, 6.45) is 4.31. The number of carbonyl (C=O) groups excluding carboxylic acids is 1. The summed E-state index contributed by atoms with van der Waals surface area (Å²) in [4.78, 5) is 18.0. The summed E-state index contributed by atoms with van der Waals surface area (Å²) in [5.74, 6) is 1.26. The van der Waals surface area contributed by atoms with Crippen molar-refractivity contribution < 1.29 is 4.79 Å². The zero-order chi connectivity index (χ0) is 20.4. The second-order valence-electron chi connectivity index (χ2n) is 8.29. The van der Waals surface area contributed by atoms with Gasteiger partial charge in [0.05, 0.1) is 5.69 Å². The van der Waals surface area contributed by atoms with Gasteiger partial charge in [-0.3, -0.25) is 4.79 Å². The molecule has 1 aliphatic rings. The highest BCUT2D eigenvalue weighted by Crippen LogP contribution is 2.28. The van der Waals surface area contributed by atoms with E-state index in [1.54, 1.807) is 0 Å². The Balaban J connectivity index is 1.67. The molecular weight excluding hydrogens is 358 g/mol. The monoisotopic (exact) mass is 387 g/mol. The number of aryl methyl sites for hydroxylation is 1. The van der Waals surface area contributed by atoms with E-state index in [1.807, 2.05) is 12.1 Å². The summed E-state index contributed by atoms with van der Waals surface area (Å²) in [6, 6.07) is 16.5. The van der Waals surface area contributed by atoms with Gasteiger partial charge in [0, 0.05) is 17.8 Å². The van der Waals surface area contributed by atoms with Crippen LogP contribution in [0.4, 0.5) is 5.69 Å². The van der Waals surface area contributed by atoms with Crippen LogP contribution in [0.15, 0.2) is 48.5 Å². The Kier molecular flexibility index (Phi) is 5.52. The minimum Gasteiger partial charge on any atom is -0.327 e. The minimum atomic E-state index is -0.119. The Morgan fingerprint density at radius 2 is 1.72 bits per heavy atom. The maximum atomic E-state index is 13.1. The summed E-state index contributed by atoms with van der Waals surface area (Å²) in [5.41, 5.74) is 6.00. The van der Waals surface area contributed by atoms with Crippen molar-refractivity contribution >= 4 is 11.6 Å². The first kappa shape index (κ1) is 19.4. The fourth-order valence-electron chi connectivity index (χ4n) is 3.97. The molecule has 29 heavy (non-hydrogen) atoms. The van der Waals surface area contributed by atoms with Crippen LogP contribution in [0.1, 0.15) is 66.3 Å². The lowest BCUT2D eigenvalue weighted by atomic mass is 10.0. The van der Waals surface area contributed by atoms with Crippen molar-refractivity contribution in [2.45, 2.75) is 58.9 Å². The van der Waals surface area contributed by atoms with Crippen molar-refractivity contribution in [2.24, 2.45) is 0 Å². The van der Waals surface area contributed by atoms with Gasteiger partial charge in [-0.15, -0.1) is 0 Å². The third-order valence-electron chi connectivity index (χ3n) is 5.73. The fourth-order valence-corrected chi connectivity index (χ4v) is 3.97. The summed E-state index contributed by atoms with van der Waals surface area (Å²) in [7, 11) is 0. The van der Waals surface area contributed by atoms with E-state index in [2.05, 4.69) is 67.1 Å². The number of nitrogens with one attached hydrogen (secondary N) is 1. The van der Waals surface area contributed by atoms with E-state index >= 15 is 0 Å². The van der Waals surface area contributed by atoms with E-state index < -0.39 is 0 Å². The lowest BCUT2D eigenvalue weighted by Gasteiger charge is -2.10. The van der Waals surface area contributed by atoms with E-state index in [0.717, 1.165) is 48.6 Å². The van der Waals surface area contributed by atoms with E-state index in [9.17, 15) is 4.79 Å². The maximum Gasteiger partial charge on any atom is 0.276 e. The second-order valence-corrected chi connectivity index (χ2v) is 8.29. The number of benzene rings is 2. The minimum absolute atomic E-state index is 0.119. The van der Waals surface area contributed by atoms with Crippen LogP contribution in [0.5, 0.6) is 0 Å². The van der Waals surface area contributed by atoms with Crippen molar-refractivity contribution in [2.75, 3.05) is 5.32 Å². The van der Waals surface area contributed by atoms with Crippen LogP contribution in [-0.4, -0.2) is 15.5 Å². The first-order chi connectivity index (χ1) is 14.0. The standard InChI is InChI=1S/C25H29N3O/c1-17(2)19-12-14-21(15-13-19)26-25(29)23-22-7-5-4-6-16-28(22)24(27-23)20-10-8-18(3)9-11-20/h8-15,17H,4-7,16H2,1-3H3,(H,26,29). The molecule has 150 valence electrons. The lowest BCUT2D eigenvalue weighted by Crippen LogP contribution is -2.15. The molecule has 4 heteroatoms. The van der Waals surface area contributed by atoms with Crippen LogP contribution >= 0.6 is 0 Å². The number of amides is 1. The number of hydrogen-bond donors (Lipinski definition) is 1. The first-order valence-corrected chi connectivity index (χ1v) is 10.6. The maximum absolute atomic E-state index is 13.1. The molecular formula is C25H29N3O. The predicted octanol–water partition coefficient (Wildman–Crippen LogP) is 5.96. The van der Waals surface area contributed by atoms with Gasteiger partial charge in [0.25, 0.3) is 5.91 Å². The first-order valence-electron chi connectivity index (χ1n) is 10.6. The number of hydrogen-bond acceptors (Lipinski definition) is 2. The molecule has 0 bridgehead atoms. The average Bonchev–Trinajstić information content (AvgIpc) is 2.90. The van der Waals surface area contributed by atoms with Crippen LogP contribution in [-0.2, 0) is 13.0 Å². The van der Waals surface area contributed by atoms with Crippen LogP contribution in [0.25, 0.3) is 11.4 Å². The lowest BCUT2D eigenvalue weighted by molar-refractivity contribution is 0.102. The van der Waals surface area contributed by atoms with Crippen molar-refractivity contribution in [1.82, 2.24) is 9.55 Å². The predicted molar refractivity (Wildman–Crippen MR) is 118 cm³/mol.